The first kappa shape index (κ1) is 33.9. The summed E-state index contributed by atoms with van der Waals surface area (Å²) in [4.78, 5) is 27.4. The monoisotopic (exact) mass is 630 g/mol. The van der Waals surface area contributed by atoms with Gasteiger partial charge in [-0.2, -0.15) is 4.31 Å². The number of ether oxygens (including phenoxy) is 2. The van der Waals surface area contributed by atoms with E-state index in [1.54, 1.807) is 12.1 Å². The maximum absolute atomic E-state index is 13.8. The number of alkyl carbamates (subject to hydrolysis) is 1. The maximum atomic E-state index is 13.8. The van der Waals surface area contributed by atoms with Crippen molar-refractivity contribution in [2.75, 3.05) is 51.3 Å². The Hall–Kier alpha value is -3.03. The minimum atomic E-state index is -4.02. The molecule has 2 fully saturated rings. The number of aliphatic hydroxyl groups is 1. The molecule has 2 aromatic carbocycles. The predicted octanol–water partition coefficient (Wildman–Crippen LogP) is 3.25. The van der Waals surface area contributed by atoms with Crippen LogP contribution in [-0.2, 0) is 30.7 Å². The third kappa shape index (κ3) is 10.3. The molecule has 2 amide bonds. The summed E-state index contributed by atoms with van der Waals surface area (Å²) in [5.74, 6) is -0.166. The van der Waals surface area contributed by atoms with E-state index in [1.807, 2.05) is 44.2 Å². The maximum Gasteiger partial charge on any atom is 0.407 e. The van der Waals surface area contributed by atoms with E-state index in [1.165, 1.54) is 22.9 Å². The zero-order chi connectivity index (χ0) is 31.5. The van der Waals surface area contributed by atoms with Crippen LogP contribution < -0.4 is 10.6 Å². The number of benzene rings is 2. The summed E-state index contributed by atoms with van der Waals surface area (Å²) in [5, 5.41) is 17.0. The lowest BCUT2D eigenvalue weighted by Gasteiger charge is -2.30. The number of sulfonamides is 1. The van der Waals surface area contributed by atoms with Crippen LogP contribution in [0.2, 0.25) is 0 Å². The van der Waals surface area contributed by atoms with Crippen LogP contribution in [0, 0.1) is 5.92 Å². The quantitative estimate of drug-likeness (QED) is 0.289. The summed E-state index contributed by atoms with van der Waals surface area (Å²) in [6.07, 6.45) is 1.96. The second-order valence-electron chi connectivity index (χ2n) is 12.0. The van der Waals surface area contributed by atoms with Gasteiger partial charge in [0.25, 0.3) is 0 Å². The topological polar surface area (TPSA) is 138 Å². The molecule has 2 aliphatic rings. The van der Waals surface area contributed by atoms with Crippen molar-refractivity contribution < 1.29 is 32.6 Å². The first-order chi connectivity index (χ1) is 21.1. The number of aliphatic hydroxyl groups excluding tert-OH is 1. The first-order valence-electron chi connectivity index (χ1n) is 15.5. The zero-order valence-electron chi connectivity index (χ0n) is 25.7. The molecule has 44 heavy (non-hydrogen) atoms. The summed E-state index contributed by atoms with van der Waals surface area (Å²) in [6.45, 7) is 6.67. The number of carbonyl (C=O) groups excluding carboxylic acids is 2. The number of carbonyl (C=O) groups is 2. The summed E-state index contributed by atoms with van der Waals surface area (Å²) >= 11 is 0. The highest BCUT2D eigenvalue weighted by Gasteiger charge is 2.32. The molecule has 0 saturated carbocycles. The fraction of sp³-hybridized carbons (Fsp3) is 0.562. The van der Waals surface area contributed by atoms with Gasteiger partial charge in [0.05, 0.1) is 36.8 Å². The number of nitrogens with one attached hydrogen (secondary N) is 2. The zero-order valence-corrected chi connectivity index (χ0v) is 26.5. The Labute approximate surface area is 261 Å². The Morgan fingerprint density at radius 1 is 1.05 bits per heavy atom. The summed E-state index contributed by atoms with van der Waals surface area (Å²) in [5.41, 5.74) is 1.39. The molecule has 242 valence electrons. The number of amides is 2. The minimum absolute atomic E-state index is 0.0295. The highest BCUT2D eigenvalue weighted by Crippen LogP contribution is 2.22. The highest BCUT2D eigenvalue weighted by atomic mass is 32.2. The molecule has 0 aliphatic carbocycles. The molecule has 3 unspecified atom stereocenters. The van der Waals surface area contributed by atoms with Crippen molar-refractivity contribution >= 4 is 27.7 Å². The van der Waals surface area contributed by atoms with Crippen molar-refractivity contribution in [2.24, 2.45) is 5.92 Å². The van der Waals surface area contributed by atoms with Crippen molar-refractivity contribution in [1.82, 2.24) is 14.5 Å². The third-order valence-electron chi connectivity index (χ3n) is 7.78. The Morgan fingerprint density at radius 3 is 2.39 bits per heavy atom. The van der Waals surface area contributed by atoms with Crippen molar-refractivity contribution in [3.63, 3.8) is 0 Å². The lowest BCUT2D eigenvalue weighted by atomic mass is 10.0. The number of likely N-dealkylation sites (tertiary alicyclic amines) is 1. The third-order valence-corrected chi connectivity index (χ3v) is 9.62. The van der Waals surface area contributed by atoms with E-state index < -0.39 is 28.3 Å². The predicted molar refractivity (Wildman–Crippen MR) is 168 cm³/mol. The molecule has 2 heterocycles. The molecule has 0 radical (unpaired) electrons. The summed E-state index contributed by atoms with van der Waals surface area (Å²) < 4.78 is 39.7. The molecular weight excluding hydrogens is 584 g/mol. The molecular formula is C32H46N4O7S. The normalized spacial score (nSPS) is 19.1. The van der Waals surface area contributed by atoms with E-state index in [0.717, 1.165) is 31.5 Å². The molecule has 0 spiro atoms. The number of anilines is 1. The average Bonchev–Trinajstić information content (AvgIpc) is 3.50. The molecule has 2 aliphatic heterocycles. The van der Waals surface area contributed by atoms with Crippen molar-refractivity contribution in [2.45, 2.75) is 69.1 Å². The Morgan fingerprint density at radius 2 is 1.75 bits per heavy atom. The smallest absolute Gasteiger partial charge is 0.407 e. The molecule has 2 saturated heterocycles. The van der Waals surface area contributed by atoms with Gasteiger partial charge in [0.2, 0.25) is 15.9 Å². The number of nitrogens with zero attached hydrogens (tertiary/aromatic N) is 2. The van der Waals surface area contributed by atoms with Gasteiger partial charge in [-0.15, -0.1) is 0 Å². The second kappa shape index (κ2) is 16.3. The van der Waals surface area contributed by atoms with Crippen molar-refractivity contribution in [3.05, 3.63) is 60.2 Å². The van der Waals surface area contributed by atoms with E-state index in [0.29, 0.717) is 31.9 Å². The largest absolute Gasteiger partial charge is 0.444 e. The summed E-state index contributed by atoms with van der Waals surface area (Å²) in [6, 6.07) is 14.6. The average molecular weight is 631 g/mol. The highest BCUT2D eigenvalue weighted by molar-refractivity contribution is 7.89. The van der Waals surface area contributed by atoms with Gasteiger partial charge in [0.1, 0.15) is 6.10 Å². The molecule has 3 N–H and O–H groups in total. The lowest BCUT2D eigenvalue weighted by Crippen LogP contribution is -2.51. The summed E-state index contributed by atoms with van der Waals surface area (Å²) in [7, 11) is -4.02. The minimum Gasteiger partial charge on any atom is -0.444 e. The Bertz CT molecular complexity index is 1300. The number of piperidine rings is 1. The second-order valence-corrected chi connectivity index (χ2v) is 14.0. The van der Waals surface area contributed by atoms with Crippen LogP contribution >= 0.6 is 0 Å². The van der Waals surface area contributed by atoms with E-state index >= 15 is 0 Å². The van der Waals surface area contributed by atoms with Crippen molar-refractivity contribution in [3.8, 4) is 0 Å². The van der Waals surface area contributed by atoms with Crippen LogP contribution in [-0.4, -0.2) is 98.9 Å². The molecule has 0 aromatic heterocycles. The fourth-order valence-corrected chi connectivity index (χ4v) is 7.11. The van der Waals surface area contributed by atoms with Crippen LogP contribution in [0.1, 0.15) is 45.1 Å². The van der Waals surface area contributed by atoms with E-state index in [-0.39, 0.29) is 42.3 Å². The standard InChI is InChI=1S/C32H46N4O7S/c1-24(2)20-36(44(40,41)28-13-11-26(12-14-28)33-31(38)22-35-16-7-4-8-17-35)21-30(37)29(19-25-9-5-3-6-10-25)34-32(39)43-27-15-18-42-23-27/h3,5-6,9-14,24,27,29-30,37H,4,7-8,15-23H2,1-2H3,(H,33,38)(H,34,39). The van der Waals surface area contributed by atoms with Crippen molar-refractivity contribution in [1.29, 1.82) is 0 Å². The Balaban J connectivity index is 1.45. The molecule has 3 atom stereocenters. The van der Waals surface area contributed by atoms with Gasteiger partial charge in [-0.3, -0.25) is 9.69 Å². The van der Waals surface area contributed by atoms with Crippen LogP contribution in [0.25, 0.3) is 0 Å². The van der Waals surface area contributed by atoms with Gasteiger partial charge in [0.15, 0.2) is 0 Å². The molecule has 11 nitrogen and oxygen atoms in total. The van der Waals surface area contributed by atoms with Gasteiger partial charge in [0, 0.05) is 25.2 Å². The van der Waals surface area contributed by atoms with Crippen LogP contribution in [0.15, 0.2) is 59.5 Å². The van der Waals surface area contributed by atoms with E-state index in [2.05, 4.69) is 15.5 Å². The van der Waals surface area contributed by atoms with Gasteiger partial charge in [-0.05, 0) is 68.1 Å². The van der Waals surface area contributed by atoms with Gasteiger partial charge < -0.3 is 25.2 Å². The molecule has 0 bridgehead atoms. The van der Waals surface area contributed by atoms with E-state index in [4.69, 9.17) is 9.47 Å². The van der Waals surface area contributed by atoms with Crippen LogP contribution in [0.5, 0.6) is 0 Å². The molecule has 2 aromatic rings. The van der Waals surface area contributed by atoms with Gasteiger partial charge >= 0.3 is 6.09 Å². The van der Waals surface area contributed by atoms with E-state index in [9.17, 15) is 23.1 Å². The molecule has 12 heteroatoms. The van der Waals surface area contributed by atoms with Crippen LogP contribution in [0.4, 0.5) is 10.5 Å². The SMILES string of the molecule is CC(C)CN(CC(O)C(Cc1ccccc1)NC(=O)OC1CCOC1)S(=O)(=O)c1ccc(NC(=O)CN2CCCCC2)cc1. The number of hydrogen-bond acceptors (Lipinski definition) is 8. The van der Waals surface area contributed by atoms with Gasteiger partial charge in [-0.25, -0.2) is 13.2 Å². The van der Waals surface area contributed by atoms with Crippen LogP contribution in [0.3, 0.4) is 0 Å². The number of hydrogen-bond donors (Lipinski definition) is 3. The number of rotatable bonds is 14. The molecule has 4 rings (SSSR count). The first-order valence-corrected chi connectivity index (χ1v) is 16.9. The fourth-order valence-electron chi connectivity index (χ4n) is 5.49. The lowest BCUT2D eigenvalue weighted by molar-refractivity contribution is -0.117. The van der Waals surface area contributed by atoms with Gasteiger partial charge in [-0.1, -0.05) is 50.6 Å². The Kier molecular flexibility index (Phi) is 12.6.